The lowest BCUT2D eigenvalue weighted by Crippen LogP contribution is -2.34. The lowest BCUT2D eigenvalue weighted by atomic mass is 9.63. The molecule has 1 N–H and O–H groups in total. The molecule has 0 atom stereocenters. The second kappa shape index (κ2) is 16.0. The molecule has 69 heavy (non-hydrogen) atoms. The number of hydrogen-bond acceptors (Lipinski definition) is 4. The second-order valence-electron chi connectivity index (χ2n) is 22.7. The van der Waals surface area contributed by atoms with Gasteiger partial charge in [-0.1, -0.05) is 147 Å². The summed E-state index contributed by atoms with van der Waals surface area (Å²) in [6.07, 6.45) is 2.29. The van der Waals surface area contributed by atoms with Crippen LogP contribution >= 0.6 is 0 Å². The Morgan fingerprint density at radius 1 is 0.464 bits per heavy atom. The molecule has 1 aliphatic heterocycles. The lowest BCUT2D eigenvalue weighted by Gasteiger charge is -2.43. The van der Waals surface area contributed by atoms with Crippen molar-refractivity contribution in [2.24, 2.45) is 0 Å². The topological polar surface area (TPSA) is 33.7 Å². The van der Waals surface area contributed by atoms with Crippen molar-refractivity contribution >= 4 is 28.4 Å². The van der Waals surface area contributed by atoms with Crippen LogP contribution in [0.15, 0.2) is 158 Å². The molecule has 11 rings (SSSR count). The number of aryl methyl sites for hydroxylation is 2. The van der Waals surface area contributed by atoms with E-state index in [0.717, 1.165) is 58.2 Å². The summed E-state index contributed by atoms with van der Waals surface area (Å²) in [5.41, 5.74) is 21.8. The number of para-hydroxylation sites is 2. The molecule has 0 aromatic heterocycles. The molecule has 0 saturated heterocycles. The first-order valence-corrected chi connectivity index (χ1v) is 24.8. The highest BCUT2D eigenvalue weighted by Gasteiger charge is 2.39. The number of rotatable bonds is 7. The zero-order valence-corrected chi connectivity index (χ0v) is 42.2. The molecule has 0 spiro atoms. The van der Waals surface area contributed by atoms with Gasteiger partial charge in [0.25, 0.3) is 0 Å². The van der Waals surface area contributed by atoms with Gasteiger partial charge in [0.2, 0.25) is 0 Å². The summed E-state index contributed by atoms with van der Waals surface area (Å²) in [5.74, 6) is 2.83. The van der Waals surface area contributed by atoms with E-state index in [0.29, 0.717) is 17.2 Å². The molecule has 0 unspecified atom stereocenters. The maximum atomic E-state index is 6.61. The molecule has 4 nitrogen and oxygen atoms in total. The third kappa shape index (κ3) is 7.69. The van der Waals surface area contributed by atoms with Gasteiger partial charge in [-0.3, -0.25) is 0 Å². The number of anilines is 5. The van der Waals surface area contributed by atoms with Crippen LogP contribution in [0.3, 0.4) is 0 Å². The molecule has 0 radical (unpaired) electrons. The molecule has 8 aromatic carbocycles. The Bertz CT molecular complexity index is 3350. The van der Waals surface area contributed by atoms with Crippen molar-refractivity contribution in [2.75, 3.05) is 10.2 Å². The largest absolute Gasteiger partial charge is 0.450 e. The van der Waals surface area contributed by atoms with Gasteiger partial charge in [0, 0.05) is 45.4 Å². The maximum absolute atomic E-state index is 6.61. The molecule has 0 amide bonds. The Morgan fingerprint density at radius 2 is 1.10 bits per heavy atom. The van der Waals surface area contributed by atoms with E-state index in [1.54, 1.807) is 0 Å². The molecule has 0 saturated carbocycles. The SMILES string of the molecule is Cc1cc(-c2cc3c(cc2Nc2ccc(C(C)(C)C)cc2-c2ccccc2)C(C)(C)c2ccccc2-3)cc(N(c2ccc3c(c2)Oc2ccccc2O3)c2cc3c(cc2C)C(C)(C)CCC3(C)C)c1. The molecule has 4 heteroatoms. The standard InChI is InChI=1S/C65H64N2O2/c1-40-31-43(49-37-50-47-21-15-16-22-51(47)65(10,11)52(50)38-56(49)66-55-27-25-44(62(3,4)5)35-48(55)42-19-13-12-14-20-42)34-46(32-40)67(45-26-28-60-61(36-45)69-59-24-18-17-23-58(59)68-60)57-39-54-53(33-41(57)2)63(6,7)29-30-64(54,8)9/h12-28,31-39,66H,29-30H2,1-11H3. The zero-order valence-electron chi connectivity index (χ0n) is 42.2. The first-order valence-electron chi connectivity index (χ1n) is 24.8. The molecule has 8 aromatic rings. The summed E-state index contributed by atoms with van der Waals surface area (Å²) in [6.45, 7) is 25.8. The fourth-order valence-corrected chi connectivity index (χ4v) is 11.3. The minimum atomic E-state index is -0.182. The van der Waals surface area contributed by atoms with E-state index in [1.165, 1.54) is 61.2 Å². The first kappa shape index (κ1) is 44.5. The van der Waals surface area contributed by atoms with Crippen LogP contribution in [0.1, 0.15) is 114 Å². The van der Waals surface area contributed by atoms with Crippen LogP contribution in [0.25, 0.3) is 33.4 Å². The van der Waals surface area contributed by atoms with Crippen LogP contribution in [0.2, 0.25) is 0 Å². The Labute approximate surface area is 410 Å². The van der Waals surface area contributed by atoms with E-state index in [4.69, 9.17) is 9.47 Å². The van der Waals surface area contributed by atoms with Crippen molar-refractivity contribution in [1.29, 1.82) is 0 Å². The van der Waals surface area contributed by atoms with Crippen LogP contribution in [0, 0.1) is 13.8 Å². The third-order valence-corrected chi connectivity index (χ3v) is 15.5. The summed E-state index contributed by atoms with van der Waals surface area (Å²) < 4.78 is 13.0. The average molecular weight is 905 g/mol. The fourth-order valence-electron chi connectivity index (χ4n) is 11.3. The number of fused-ring (bicyclic) bond motifs is 6. The van der Waals surface area contributed by atoms with E-state index in [9.17, 15) is 0 Å². The Hall–Kier alpha value is -7.04. The monoisotopic (exact) mass is 904 g/mol. The average Bonchev–Trinajstić information content (AvgIpc) is 3.54. The predicted octanol–water partition coefficient (Wildman–Crippen LogP) is 18.7. The maximum Gasteiger partial charge on any atom is 0.172 e. The summed E-state index contributed by atoms with van der Waals surface area (Å²) in [7, 11) is 0. The van der Waals surface area contributed by atoms with E-state index in [1.807, 2.05) is 24.3 Å². The molecule has 1 heterocycles. The molecule has 2 aliphatic carbocycles. The normalized spacial score (nSPS) is 15.6. The highest BCUT2D eigenvalue weighted by Crippen LogP contribution is 2.55. The van der Waals surface area contributed by atoms with Crippen molar-refractivity contribution in [2.45, 2.75) is 111 Å². The van der Waals surface area contributed by atoms with Gasteiger partial charge < -0.3 is 19.7 Å². The first-order chi connectivity index (χ1) is 32.9. The van der Waals surface area contributed by atoms with Crippen LogP contribution in [-0.2, 0) is 21.7 Å². The minimum Gasteiger partial charge on any atom is -0.450 e. The van der Waals surface area contributed by atoms with E-state index in [2.05, 4.69) is 220 Å². The summed E-state index contributed by atoms with van der Waals surface area (Å²) in [6, 6.07) is 57.9. The van der Waals surface area contributed by atoms with E-state index in [-0.39, 0.29) is 21.7 Å². The molecule has 0 bridgehead atoms. The van der Waals surface area contributed by atoms with Crippen LogP contribution < -0.4 is 19.7 Å². The number of nitrogens with zero attached hydrogens (tertiary/aromatic N) is 1. The van der Waals surface area contributed by atoms with E-state index >= 15 is 0 Å². The van der Waals surface area contributed by atoms with Gasteiger partial charge in [0.1, 0.15) is 0 Å². The van der Waals surface area contributed by atoms with Crippen molar-refractivity contribution in [1.82, 2.24) is 0 Å². The number of nitrogens with one attached hydrogen (secondary N) is 1. The smallest absolute Gasteiger partial charge is 0.172 e. The summed E-state index contributed by atoms with van der Waals surface area (Å²) in [4.78, 5) is 2.45. The molecule has 346 valence electrons. The Kier molecular flexibility index (Phi) is 10.3. The van der Waals surface area contributed by atoms with Gasteiger partial charge in [-0.15, -0.1) is 0 Å². The molecular weight excluding hydrogens is 841 g/mol. The van der Waals surface area contributed by atoms with E-state index < -0.39 is 0 Å². The molecule has 3 aliphatic rings. The number of hydrogen-bond donors (Lipinski definition) is 1. The van der Waals surface area contributed by atoms with Crippen molar-refractivity contribution in [3.05, 3.63) is 197 Å². The summed E-state index contributed by atoms with van der Waals surface area (Å²) >= 11 is 0. The fraction of sp³-hybridized carbons (Fsp3) is 0.262. The van der Waals surface area contributed by atoms with Gasteiger partial charge in [0.15, 0.2) is 23.0 Å². The van der Waals surface area contributed by atoms with Crippen LogP contribution in [0.5, 0.6) is 23.0 Å². The van der Waals surface area contributed by atoms with Gasteiger partial charge >= 0.3 is 0 Å². The predicted molar refractivity (Wildman–Crippen MR) is 289 cm³/mol. The van der Waals surface area contributed by atoms with Crippen LogP contribution in [-0.4, -0.2) is 0 Å². The number of benzene rings is 8. The van der Waals surface area contributed by atoms with Crippen molar-refractivity contribution in [3.63, 3.8) is 0 Å². The second-order valence-corrected chi connectivity index (χ2v) is 22.7. The van der Waals surface area contributed by atoms with Crippen molar-refractivity contribution < 1.29 is 9.47 Å². The third-order valence-electron chi connectivity index (χ3n) is 15.5. The highest BCUT2D eigenvalue weighted by atomic mass is 16.6. The van der Waals surface area contributed by atoms with Crippen molar-refractivity contribution in [3.8, 4) is 56.4 Å². The zero-order chi connectivity index (χ0) is 48.2. The number of ether oxygens (including phenoxy) is 2. The van der Waals surface area contributed by atoms with Gasteiger partial charge in [-0.25, -0.2) is 0 Å². The summed E-state index contributed by atoms with van der Waals surface area (Å²) in [5, 5.41) is 4.10. The van der Waals surface area contributed by atoms with Gasteiger partial charge in [-0.2, -0.15) is 0 Å². The van der Waals surface area contributed by atoms with Gasteiger partial charge in [0.05, 0.1) is 5.69 Å². The molecular formula is C65H64N2O2. The minimum absolute atomic E-state index is 0.00944. The quantitative estimate of drug-likeness (QED) is 0.173. The highest BCUT2D eigenvalue weighted by molar-refractivity contribution is 5.95. The Morgan fingerprint density at radius 3 is 1.83 bits per heavy atom. The Balaban J connectivity index is 1.13. The lowest BCUT2D eigenvalue weighted by molar-refractivity contribution is 0.332. The van der Waals surface area contributed by atoms with Crippen LogP contribution in [0.4, 0.5) is 28.4 Å². The molecule has 0 fully saturated rings. The van der Waals surface area contributed by atoms with Gasteiger partial charge in [-0.05, 0) is 171 Å².